The van der Waals surface area contributed by atoms with Gasteiger partial charge in [0, 0.05) is 18.3 Å². The summed E-state index contributed by atoms with van der Waals surface area (Å²) in [6.07, 6.45) is 5.35. The van der Waals surface area contributed by atoms with Crippen LogP contribution < -0.4 is 10.6 Å². The van der Waals surface area contributed by atoms with Crippen LogP contribution in [0.2, 0.25) is 0 Å². The van der Waals surface area contributed by atoms with Crippen LogP contribution in [-0.2, 0) is 16.1 Å². The number of nitriles is 1. The number of halogens is 1. The van der Waals surface area contributed by atoms with E-state index in [2.05, 4.69) is 31.7 Å². The molecule has 8 nitrogen and oxygen atoms in total. The number of alkyl halides is 1. The predicted molar refractivity (Wildman–Crippen MR) is 120 cm³/mol. The molecule has 1 amide bonds. The minimum absolute atomic E-state index is 0.0214. The van der Waals surface area contributed by atoms with Crippen LogP contribution in [0.5, 0.6) is 0 Å². The van der Waals surface area contributed by atoms with Gasteiger partial charge in [0.15, 0.2) is 0 Å². The summed E-state index contributed by atoms with van der Waals surface area (Å²) in [4.78, 5) is 25.7. The molecule has 0 aromatic carbocycles. The van der Waals surface area contributed by atoms with Crippen LogP contribution in [0.4, 0.5) is 5.95 Å². The molecule has 2 N–H and O–H groups in total. The number of ether oxygens (including phenoxy) is 1. The molecule has 1 saturated heterocycles. The van der Waals surface area contributed by atoms with Gasteiger partial charge in [-0.25, -0.2) is 9.97 Å². The van der Waals surface area contributed by atoms with E-state index in [1.54, 1.807) is 13.1 Å². The lowest BCUT2D eigenvalue weighted by Gasteiger charge is -2.45. The van der Waals surface area contributed by atoms with Crippen molar-refractivity contribution in [1.29, 1.82) is 5.26 Å². The summed E-state index contributed by atoms with van der Waals surface area (Å²) in [7, 11) is 0. The van der Waals surface area contributed by atoms with E-state index in [-0.39, 0.29) is 35.4 Å². The minimum atomic E-state index is -0.217. The van der Waals surface area contributed by atoms with E-state index in [0.717, 1.165) is 18.5 Å². The normalized spacial score (nSPS) is 28.2. The molecular formula is C23H27ClN6O2. The van der Waals surface area contributed by atoms with E-state index >= 15 is 0 Å². The lowest BCUT2D eigenvalue weighted by Crippen LogP contribution is -2.57. The fraction of sp³-hybridized carbons (Fsp3) is 0.522. The van der Waals surface area contributed by atoms with Gasteiger partial charge in [-0.05, 0) is 51.2 Å². The fourth-order valence-corrected chi connectivity index (χ4v) is 4.99. The molecule has 1 aliphatic heterocycles. The van der Waals surface area contributed by atoms with Gasteiger partial charge in [-0.15, -0.1) is 11.6 Å². The summed E-state index contributed by atoms with van der Waals surface area (Å²) in [6, 6.07) is 7.69. The van der Waals surface area contributed by atoms with Gasteiger partial charge in [0.05, 0.1) is 47.2 Å². The Balaban J connectivity index is 1.35. The van der Waals surface area contributed by atoms with Gasteiger partial charge in [-0.2, -0.15) is 5.26 Å². The summed E-state index contributed by atoms with van der Waals surface area (Å²) in [6.45, 7) is 4.14. The average molecular weight is 455 g/mol. The highest BCUT2D eigenvalue weighted by Gasteiger charge is 2.44. The van der Waals surface area contributed by atoms with Crippen molar-refractivity contribution < 1.29 is 9.53 Å². The Labute approximate surface area is 192 Å². The van der Waals surface area contributed by atoms with Crippen LogP contribution in [0.15, 0.2) is 30.6 Å². The van der Waals surface area contributed by atoms with Gasteiger partial charge in [0.25, 0.3) is 0 Å². The topological polar surface area (TPSA) is 113 Å². The molecule has 2 aromatic rings. The summed E-state index contributed by atoms with van der Waals surface area (Å²) < 4.78 is 6.05. The molecule has 0 spiro atoms. The number of amides is 1. The Morgan fingerprint density at radius 1 is 1.34 bits per heavy atom. The van der Waals surface area contributed by atoms with Crippen molar-refractivity contribution >= 4 is 23.5 Å². The predicted octanol–water partition coefficient (Wildman–Crippen LogP) is 2.96. The number of hydrogen-bond acceptors (Lipinski definition) is 7. The third-order valence-corrected chi connectivity index (χ3v) is 6.90. The van der Waals surface area contributed by atoms with Crippen molar-refractivity contribution in [3.63, 3.8) is 0 Å². The maximum atomic E-state index is 12.9. The Bertz CT molecular complexity index is 998. The molecule has 2 fully saturated rings. The second-order valence-corrected chi connectivity index (χ2v) is 9.17. The molecule has 168 valence electrons. The second-order valence-electron chi connectivity index (χ2n) is 8.61. The minimum Gasteiger partial charge on any atom is -0.370 e. The van der Waals surface area contributed by atoms with Crippen LogP contribution in [0.3, 0.4) is 0 Å². The number of carbonyl (C=O) groups excluding carboxylic acids is 1. The van der Waals surface area contributed by atoms with Crippen molar-refractivity contribution in [1.82, 2.24) is 20.3 Å². The lowest BCUT2D eigenvalue weighted by atomic mass is 9.73. The van der Waals surface area contributed by atoms with E-state index in [1.165, 1.54) is 6.20 Å². The quantitative estimate of drug-likeness (QED) is 0.645. The van der Waals surface area contributed by atoms with E-state index in [4.69, 9.17) is 21.6 Å². The van der Waals surface area contributed by atoms with Crippen molar-refractivity contribution in [2.24, 2.45) is 11.8 Å². The number of aryl methyl sites for hydroxylation is 1. The number of fused-ring (bicyclic) bond motifs is 1. The zero-order valence-electron chi connectivity index (χ0n) is 18.2. The Morgan fingerprint density at radius 3 is 2.91 bits per heavy atom. The van der Waals surface area contributed by atoms with E-state index in [1.807, 2.05) is 25.1 Å². The van der Waals surface area contributed by atoms with Crippen LogP contribution in [0, 0.1) is 30.1 Å². The first-order valence-electron chi connectivity index (χ1n) is 10.9. The van der Waals surface area contributed by atoms with Gasteiger partial charge in [0.1, 0.15) is 6.07 Å². The van der Waals surface area contributed by atoms with Crippen LogP contribution >= 0.6 is 11.6 Å². The largest absolute Gasteiger partial charge is 0.370 e. The highest BCUT2D eigenvalue weighted by molar-refractivity contribution is 6.21. The maximum absolute atomic E-state index is 12.9. The van der Waals surface area contributed by atoms with Gasteiger partial charge >= 0.3 is 0 Å². The Kier molecular flexibility index (Phi) is 6.87. The molecule has 0 bridgehead atoms. The SMILES string of the molecule is Cc1nc(N[C@@H](C)C2CC3CC(Cl)C(OCc4ccccn4)CC3NC2=O)ncc1C#N. The number of aromatic nitrogens is 3. The van der Waals surface area contributed by atoms with Crippen molar-refractivity contribution in [3.8, 4) is 6.07 Å². The molecule has 32 heavy (non-hydrogen) atoms. The number of piperidine rings is 1. The van der Waals surface area contributed by atoms with Gasteiger partial charge < -0.3 is 15.4 Å². The third kappa shape index (κ3) is 5.00. The Hall–Kier alpha value is -2.76. The van der Waals surface area contributed by atoms with E-state index in [0.29, 0.717) is 36.2 Å². The summed E-state index contributed by atoms with van der Waals surface area (Å²) in [5, 5.41) is 15.4. The summed E-state index contributed by atoms with van der Waals surface area (Å²) >= 11 is 6.69. The number of anilines is 1. The molecule has 5 unspecified atom stereocenters. The molecule has 2 aliphatic rings. The van der Waals surface area contributed by atoms with E-state index in [9.17, 15) is 4.79 Å². The molecular weight excluding hydrogens is 428 g/mol. The van der Waals surface area contributed by atoms with Crippen LogP contribution in [0.1, 0.15) is 43.1 Å². The van der Waals surface area contributed by atoms with Crippen LogP contribution in [0.25, 0.3) is 0 Å². The second kappa shape index (κ2) is 9.80. The monoisotopic (exact) mass is 454 g/mol. The van der Waals surface area contributed by atoms with Crippen LogP contribution in [-0.4, -0.2) is 44.4 Å². The molecule has 1 saturated carbocycles. The number of carbonyl (C=O) groups is 1. The highest BCUT2D eigenvalue weighted by Crippen LogP contribution is 2.38. The van der Waals surface area contributed by atoms with Crippen molar-refractivity contribution in [2.45, 2.75) is 63.3 Å². The van der Waals surface area contributed by atoms with Crippen molar-refractivity contribution in [2.75, 3.05) is 5.32 Å². The number of rotatable bonds is 6. The molecule has 2 aromatic heterocycles. The molecule has 4 rings (SSSR count). The molecule has 3 heterocycles. The molecule has 1 aliphatic carbocycles. The van der Waals surface area contributed by atoms with E-state index < -0.39 is 0 Å². The lowest BCUT2D eigenvalue weighted by molar-refractivity contribution is -0.131. The average Bonchev–Trinajstić information content (AvgIpc) is 2.78. The standard InChI is InChI=1S/C23H27ClN6O2/c1-13-16(10-25)11-27-23(28-13)29-14(2)18-7-15-8-19(24)21(9-20(15)30-22(18)31)32-12-17-5-3-4-6-26-17/h3-6,11,14-15,18-21H,7-9,12H2,1-2H3,(H,30,31)(H,27,28,29)/t14-,15?,18?,19?,20?,21?/m0/s1. The zero-order valence-corrected chi connectivity index (χ0v) is 18.9. The summed E-state index contributed by atoms with van der Waals surface area (Å²) in [5.41, 5.74) is 1.92. The van der Waals surface area contributed by atoms with Gasteiger partial charge in [0.2, 0.25) is 11.9 Å². The first kappa shape index (κ1) is 22.4. The van der Waals surface area contributed by atoms with Gasteiger partial charge in [-0.1, -0.05) is 6.07 Å². The van der Waals surface area contributed by atoms with Crippen molar-refractivity contribution in [3.05, 3.63) is 47.5 Å². The van der Waals surface area contributed by atoms with Gasteiger partial charge in [-0.3, -0.25) is 9.78 Å². The first-order chi connectivity index (χ1) is 15.4. The highest BCUT2D eigenvalue weighted by atomic mass is 35.5. The molecule has 6 atom stereocenters. The fourth-order valence-electron chi connectivity index (χ4n) is 4.59. The zero-order chi connectivity index (χ0) is 22.7. The molecule has 0 radical (unpaired) electrons. The summed E-state index contributed by atoms with van der Waals surface area (Å²) in [5.74, 6) is 0.521. The number of nitrogens with zero attached hydrogens (tertiary/aromatic N) is 4. The number of nitrogens with one attached hydrogen (secondary N) is 2. The maximum Gasteiger partial charge on any atom is 0.225 e. The number of hydrogen-bond donors (Lipinski definition) is 2. The Morgan fingerprint density at radius 2 is 2.19 bits per heavy atom. The first-order valence-corrected chi connectivity index (χ1v) is 11.3. The molecule has 9 heteroatoms. The smallest absolute Gasteiger partial charge is 0.225 e. The number of pyridine rings is 1. The third-order valence-electron chi connectivity index (χ3n) is 6.44.